The van der Waals surface area contributed by atoms with Crippen molar-refractivity contribution in [3.8, 4) is 11.3 Å². The van der Waals surface area contributed by atoms with Gasteiger partial charge in [-0.25, -0.2) is 14.4 Å². The van der Waals surface area contributed by atoms with Gasteiger partial charge in [0, 0.05) is 57.8 Å². The highest BCUT2D eigenvalue weighted by Crippen LogP contribution is 2.34. The van der Waals surface area contributed by atoms with E-state index in [4.69, 9.17) is 32.7 Å². The van der Waals surface area contributed by atoms with Gasteiger partial charge in [0.05, 0.1) is 23.9 Å². The number of rotatable bonds is 5. The Kier molecular flexibility index (Phi) is 9.19. The number of nitrogens with zero attached hydrogens (tertiary/aromatic N) is 4. The molecule has 0 saturated carbocycles. The van der Waals surface area contributed by atoms with E-state index >= 15 is 0 Å². The van der Waals surface area contributed by atoms with Crippen molar-refractivity contribution < 1.29 is 14.0 Å². The van der Waals surface area contributed by atoms with Crippen LogP contribution in [0, 0.1) is 17.1 Å². The van der Waals surface area contributed by atoms with E-state index in [1.807, 2.05) is 6.07 Å². The molecule has 1 aromatic heterocycles. The highest BCUT2D eigenvalue weighted by Gasteiger charge is 2.27. The number of hydrogen-bond acceptors (Lipinski definition) is 7. The number of nitrogens with one attached hydrogen (secondary N) is 3. The van der Waals surface area contributed by atoms with Crippen molar-refractivity contribution in [2.75, 3.05) is 18.4 Å². The van der Waals surface area contributed by atoms with Crippen molar-refractivity contribution in [2.24, 2.45) is 16.6 Å². The molecule has 3 heterocycles. The van der Waals surface area contributed by atoms with E-state index in [2.05, 4.69) is 15.6 Å². The number of anilines is 2. The molecule has 0 spiro atoms. The largest absolute Gasteiger partial charge is 0.369 e. The van der Waals surface area contributed by atoms with Crippen molar-refractivity contribution >= 4 is 46.7 Å². The fraction of sp³-hybridized carbons (Fsp3) is 0.212. The van der Waals surface area contributed by atoms with E-state index in [0.717, 1.165) is 17.5 Å². The average Bonchev–Trinajstić information content (AvgIpc) is 3.18. The number of halogens is 2. The molecule has 230 valence electrons. The zero-order chi connectivity index (χ0) is 30.8. The standard InChI is InChI=1S/C32H28ClFN8O2.CH4/c33-21-9-12-23-25(14-21)28(24-5-1-2-6-26(24)34)37-15-20-16-38-32(40-27(20)23)39-22-10-7-18(8-11-22)30(44)41-31(36)42-13-3-4-19(17-42)29(35)43;/h1-2,5-12,14,16,19H,3-4,13,15,17H2,(H2,35,43)(H2,36,41,44)(H,38,39,40);1H4. The molecular weight excluding hydrogens is 595 g/mol. The fourth-order valence-electron chi connectivity index (χ4n) is 5.37. The van der Waals surface area contributed by atoms with Gasteiger partial charge in [0.25, 0.3) is 5.91 Å². The van der Waals surface area contributed by atoms with Gasteiger partial charge < -0.3 is 16.0 Å². The van der Waals surface area contributed by atoms with Crippen LogP contribution < -0.4 is 16.4 Å². The summed E-state index contributed by atoms with van der Waals surface area (Å²) < 4.78 is 14.8. The van der Waals surface area contributed by atoms with Gasteiger partial charge in [-0.15, -0.1) is 0 Å². The lowest BCUT2D eigenvalue weighted by Crippen LogP contribution is -2.49. The summed E-state index contributed by atoms with van der Waals surface area (Å²) >= 11 is 6.35. The number of amides is 2. The Morgan fingerprint density at radius 3 is 2.58 bits per heavy atom. The number of piperidine rings is 1. The first kappa shape index (κ1) is 31.3. The van der Waals surface area contributed by atoms with Crippen molar-refractivity contribution in [3.63, 3.8) is 0 Å². The van der Waals surface area contributed by atoms with Crippen molar-refractivity contribution in [3.05, 3.63) is 106 Å². The number of aliphatic imine (C=N–C) groups is 1. The summed E-state index contributed by atoms with van der Waals surface area (Å²) in [5, 5.41) is 14.6. The minimum absolute atomic E-state index is 0. The average molecular weight is 627 g/mol. The number of aromatic nitrogens is 2. The Morgan fingerprint density at radius 2 is 1.82 bits per heavy atom. The molecule has 2 aliphatic heterocycles. The number of carbonyl (C=O) groups excluding carboxylic acids is 2. The molecule has 6 rings (SSSR count). The number of carbonyl (C=O) groups is 2. The normalized spacial score (nSPS) is 15.4. The van der Waals surface area contributed by atoms with Crippen LogP contribution in [0.1, 0.15) is 47.3 Å². The van der Waals surface area contributed by atoms with E-state index in [9.17, 15) is 14.0 Å². The molecule has 5 N–H and O–H groups in total. The quantitative estimate of drug-likeness (QED) is 0.169. The molecule has 2 amide bonds. The molecule has 4 aromatic rings. The highest BCUT2D eigenvalue weighted by atomic mass is 35.5. The van der Waals surface area contributed by atoms with Crippen LogP contribution >= 0.6 is 11.6 Å². The van der Waals surface area contributed by atoms with Crippen LogP contribution in [0.3, 0.4) is 0 Å². The molecule has 10 nitrogen and oxygen atoms in total. The van der Waals surface area contributed by atoms with E-state index in [1.54, 1.807) is 65.7 Å². The lowest BCUT2D eigenvalue weighted by atomic mass is 9.95. The lowest BCUT2D eigenvalue weighted by Gasteiger charge is -2.32. The van der Waals surface area contributed by atoms with Gasteiger partial charge in [-0.3, -0.25) is 25.3 Å². The van der Waals surface area contributed by atoms with E-state index in [0.29, 0.717) is 64.3 Å². The second kappa shape index (κ2) is 13.2. The van der Waals surface area contributed by atoms with Gasteiger partial charge in [0.2, 0.25) is 11.9 Å². The predicted octanol–water partition coefficient (Wildman–Crippen LogP) is 5.53. The maximum absolute atomic E-state index is 14.8. The third-order valence-corrected chi connectivity index (χ3v) is 7.90. The summed E-state index contributed by atoms with van der Waals surface area (Å²) in [4.78, 5) is 40.0. The molecule has 1 atom stereocenters. The third-order valence-electron chi connectivity index (χ3n) is 7.67. The molecule has 0 bridgehead atoms. The van der Waals surface area contributed by atoms with Gasteiger partial charge in [0.15, 0.2) is 5.96 Å². The fourth-order valence-corrected chi connectivity index (χ4v) is 5.55. The highest BCUT2D eigenvalue weighted by molar-refractivity contribution is 6.31. The molecular formula is C33H32ClFN8O2. The van der Waals surface area contributed by atoms with Crippen LogP contribution in [0.4, 0.5) is 16.0 Å². The molecule has 0 aliphatic carbocycles. The summed E-state index contributed by atoms with van der Waals surface area (Å²) in [6, 6.07) is 18.5. The molecule has 2 aliphatic rings. The van der Waals surface area contributed by atoms with Gasteiger partial charge in [-0.05, 0) is 61.4 Å². The molecule has 0 radical (unpaired) electrons. The topological polar surface area (TPSA) is 149 Å². The number of likely N-dealkylation sites (tertiary alicyclic amines) is 1. The number of hydrogen-bond donors (Lipinski definition) is 4. The smallest absolute Gasteiger partial charge is 0.257 e. The first-order valence-electron chi connectivity index (χ1n) is 14.0. The van der Waals surface area contributed by atoms with Crippen LogP contribution in [-0.4, -0.2) is 51.4 Å². The first-order valence-corrected chi connectivity index (χ1v) is 14.4. The van der Waals surface area contributed by atoms with E-state index < -0.39 is 11.8 Å². The zero-order valence-corrected chi connectivity index (χ0v) is 24.2. The maximum atomic E-state index is 14.8. The Bertz CT molecular complexity index is 1810. The number of nitrogens with two attached hydrogens (primary N) is 1. The van der Waals surface area contributed by atoms with Crippen molar-refractivity contribution in [2.45, 2.75) is 26.8 Å². The monoisotopic (exact) mass is 626 g/mol. The predicted molar refractivity (Wildman–Crippen MR) is 173 cm³/mol. The Labute approximate surface area is 265 Å². The SMILES string of the molecule is C.N=C(NC(=O)c1ccc(Nc2ncc3c(n2)-c2ccc(Cl)cc2C(c2ccccc2F)=NC3)cc1)N1CCCC(C(N)=O)C1. The van der Waals surface area contributed by atoms with Gasteiger partial charge in [-0.2, -0.15) is 0 Å². The Hall–Kier alpha value is -5.16. The summed E-state index contributed by atoms with van der Waals surface area (Å²) in [5.41, 5.74) is 10.1. The van der Waals surface area contributed by atoms with Gasteiger partial charge in [0.1, 0.15) is 5.82 Å². The number of guanidine groups is 1. The zero-order valence-electron chi connectivity index (χ0n) is 23.5. The molecule has 1 saturated heterocycles. The number of fused-ring (bicyclic) bond motifs is 3. The minimum atomic E-state index is -0.440. The number of primary amides is 1. The molecule has 45 heavy (non-hydrogen) atoms. The van der Waals surface area contributed by atoms with E-state index in [-0.39, 0.29) is 31.7 Å². The Balaban J connectivity index is 0.00000400. The van der Waals surface area contributed by atoms with Crippen molar-refractivity contribution in [1.82, 2.24) is 20.2 Å². The van der Waals surface area contributed by atoms with Gasteiger partial charge >= 0.3 is 0 Å². The van der Waals surface area contributed by atoms with Crippen LogP contribution in [0.15, 0.2) is 77.9 Å². The maximum Gasteiger partial charge on any atom is 0.257 e. The summed E-state index contributed by atoms with van der Waals surface area (Å²) in [5.74, 6) is -1.30. The molecule has 1 fully saturated rings. The number of benzene rings is 3. The van der Waals surface area contributed by atoms with Crippen LogP contribution in [0.2, 0.25) is 5.02 Å². The summed E-state index contributed by atoms with van der Waals surface area (Å²) in [7, 11) is 0. The Morgan fingerprint density at radius 1 is 1.04 bits per heavy atom. The van der Waals surface area contributed by atoms with Crippen molar-refractivity contribution in [1.29, 1.82) is 5.41 Å². The second-order valence-electron chi connectivity index (χ2n) is 10.6. The van der Waals surface area contributed by atoms with Crippen LogP contribution in [0.5, 0.6) is 0 Å². The van der Waals surface area contributed by atoms with Gasteiger partial charge in [-0.1, -0.05) is 37.2 Å². The molecule has 12 heteroatoms. The lowest BCUT2D eigenvalue weighted by molar-refractivity contribution is -0.122. The summed E-state index contributed by atoms with van der Waals surface area (Å²) in [6.07, 6.45) is 3.09. The second-order valence-corrected chi connectivity index (χ2v) is 11.0. The molecule has 1 unspecified atom stereocenters. The van der Waals surface area contributed by atoms with Crippen LogP contribution in [0.25, 0.3) is 11.3 Å². The summed E-state index contributed by atoms with van der Waals surface area (Å²) in [6.45, 7) is 1.14. The van der Waals surface area contributed by atoms with E-state index in [1.165, 1.54) is 6.07 Å². The van der Waals surface area contributed by atoms with Crippen LogP contribution in [-0.2, 0) is 11.3 Å². The minimum Gasteiger partial charge on any atom is -0.369 e. The first-order chi connectivity index (χ1) is 21.3. The molecule has 3 aromatic carbocycles. The third kappa shape index (κ3) is 6.68.